The fraction of sp³-hybridized carbons (Fsp3) is 0.435. The molecule has 0 unspecified atom stereocenters. The predicted molar refractivity (Wildman–Crippen MR) is 123 cm³/mol. The van der Waals surface area contributed by atoms with Gasteiger partial charge in [0.05, 0.1) is 17.7 Å². The summed E-state index contributed by atoms with van der Waals surface area (Å²) in [6, 6.07) is 5.61. The normalized spacial score (nSPS) is 18.5. The highest BCUT2D eigenvalue weighted by Gasteiger charge is 2.35. The molecular weight excluding hydrogens is 406 g/mol. The third-order valence-corrected chi connectivity index (χ3v) is 5.79. The van der Waals surface area contributed by atoms with Crippen molar-refractivity contribution in [1.82, 2.24) is 24.8 Å². The van der Waals surface area contributed by atoms with Crippen molar-refractivity contribution in [3.05, 3.63) is 49.2 Å². The Morgan fingerprint density at radius 1 is 1.22 bits per heavy atom. The van der Waals surface area contributed by atoms with Gasteiger partial charge in [-0.05, 0) is 37.5 Å². The van der Waals surface area contributed by atoms with Crippen molar-refractivity contribution in [2.24, 2.45) is 0 Å². The first kappa shape index (κ1) is 21.9. The number of pyridine rings is 2. The number of carbonyl (C=O) groups excluding carboxylic acids is 1. The van der Waals surface area contributed by atoms with Crippen LogP contribution in [0.5, 0.6) is 0 Å². The van der Waals surface area contributed by atoms with Crippen LogP contribution >= 0.6 is 0 Å². The van der Waals surface area contributed by atoms with E-state index in [4.69, 9.17) is 0 Å². The largest absolute Gasteiger partial charge is 0.386 e. The summed E-state index contributed by atoms with van der Waals surface area (Å²) in [6.07, 6.45) is 11.3. The van der Waals surface area contributed by atoms with E-state index in [0.29, 0.717) is 44.8 Å². The summed E-state index contributed by atoms with van der Waals surface area (Å²) in [5, 5.41) is 15.4. The average Bonchev–Trinajstić information content (AvgIpc) is 2.81. The summed E-state index contributed by atoms with van der Waals surface area (Å²) in [4.78, 5) is 33.3. The number of fused-ring (bicyclic) bond motifs is 1. The summed E-state index contributed by atoms with van der Waals surface area (Å²) in [5.41, 5.74) is 0.939. The monoisotopic (exact) mass is 435 g/mol. The number of hydrogen-bond acceptors (Lipinski definition) is 8. The van der Waals surface area contributed by atoms with Gasteiger partial charge in [-0.15, -0.1) is 0 Å². The van der Waals surface area contributed by atoms with Crippen molar-refractivity contribution in [2.75, 3.05) is 43.4 Å². The van der Waals surface area contributed by atoms with Crippen LogP contribution in [0.4, 0.5) is 11.6 Å². The Labute approximate surface area is 187 Å². The third-order valence-electron chi connectivity index (χ3n) is 5.79. The zero-order valence-corrected chi connectivity index (χ0v) is 18.3. The smallest absolute Gasteiger partial charge is 0.222 e. The topological polar surface area (TPSA) is 107 Å². The quantitative estimate of drug-likeness (QED) is 0.518. The van der Waals surface area contributed by atoms with Crippen LogP contribution in [0.2, 0.25) is 0 Å². The molecule has 2 N–H and O–H groups in total. The van der Waals surface area contributed by atoms with E-state index in [2.05, 4.69) is 30.2 Å². The van der Waals surface area contributed by atoms with Gasteiger partial charge in [-0.2, -0.15) is 0 Å². The molecule has 0 aromatic carbocycles. The molecule has 1 saturated heterocycles. The van der Waals surface area contributed by atoms with Gasteiger partial charge in [0.1, 0.15) is 0 Å². The molecule has 1 fully saturated rings. The molecule has 4 rings (SSSR count). The van der Waals surface area contributed by atoms with Crippen LogP contribution in [-0.2, 0) is 4.79 Å². The van der Waals surface area contributed by atoms with Crippen LogP contribution in [0.25, 0.3) is 10.9 Å². The van der Waals surface area contributed by atoms with Crippen LogP contribution in [-0.4, -0.2) is 74.7 Å². The fourth-order valence-corrected chi connectivity index (χ4v) is 4.25. The molecular formula is C23H29N7O2. The summed E-state index contributed by atoms with van der Waals surface area (Å²) in [6.45, 7) is 2.23. The summed E-state index contributed by atoms with van der Waals surface area (Å²) < 4.78 is 0. The molecule has 9 nitrogen and oxygen atoms in total. The Hall–Kier alpha value is -3.33. The standard InChI is InChI=1S/C23H29N7O2/c1-29(21(31)5-2-9-26-22-27-10-4-11-28-22)16-23(32)8-3-14-30(17-23)20-7-13-25-19-6-12-24-15-18(19)20/h4,6-7,10-13,15,32H,2-3,5,8-9,14,16-17H2,1H3,(H,26,27,28)/t23-/m1/s1. The molecule has 1 aliphatic rings. The molecule has 1 atom stereocenters. The Morgan fingerprint density at radius 2 is 2.06 bits per heavy atom. The molecule has 168 valence electrons. The zero-order chi connectivity index (χ0) is 22.4. The number of nitrogens with zero attached hydrogens (tertiary/aromatic N) is 6. The number of amides is 1. The predicted octanol–water partition coefficient (Wildman–Crippen LogP) is 2.10. The number of piperidine rings is 1. The maximum atomic E-state index is 12.6. The highest BCUT2D eigenvalue weighted by molar-refractivity contribution is 5.90. The van der Waals surface area contributed by atoms with Crippen LogP contribution in [0, 0.1) is 0 Å². The van der Waals surface area contributed by atoms with Crippen molar-refractivity contribution >= 4 is 28.4 Å². The highest BCUT2D eigenvalue weighted by Crippen LogP contribution is 2.31. The lowest BCUT2D eigenvalue weighted by Crippen LogP contribution is -2.54. The van der Waals surface area contributed by atoms with Gasteiger partial charge in [0.25, 0.3) is 0 Å². The van der Waals surface area contributed by atoms with Crippen LogP contribution < -0.4 is 10.2 Å². The Bertz CT molecular complexity index is 1040. The van der Waals surface area contributed by atoms with Gasteiger partial charge in [0, 0.05) is 75.2 Å². The lowest BCUT2D eigenvalue weighted by molar-refractivity contribution is -0.133. The van der Waals surface area contributed by atoms with Gasteiger partial charge in [-0.3, -0.25) is 14.8 Å². The maximum Gasteiger partial charge on any atom is 0.222 e. The van der Waals surface area contributed by atoms with Crippen molar-refractivity contribution < 1.29 is 9.90 Å². The summed E-state index contributed by atoms with van der Waals surface area (Å²) >= 11 is 0. The van der Waals surface area contributed by atoms with Gasteiger partial charge in [0.2, 0.25) is 11.9 Å². The molecule has 1 amide bonds. The molecule has 9 heteroatoms. The van der Waals surface area contributed by atoms with Gasteiger partial charge < -0.3 is 20.2 Å². The van der Waals surface area contributed by atoms with Gasteiger partial charge in [-0.25, -0.2) is 9.97 Å². The number of aromatic nitrogens is 4. The van der Waals surface area contributed by atoms with E-state index in [-0.39, 0.29) is 5.91 Å². The van der Waals surface area contributed by atoms with Crippen LogP contribution in [0.15, 0.2) is 49.2 Å². The number of β-amino-alcohol motifs (C(OH)–C–C–N with tert-alkyl or cyclic N) is 1. The molecule has 3 aromatic heterocycles. The van der Waals surface area contributed by atoms with Crippen LogP contribution in [0.3, 0.4) is 0 Å². The zero-order valence-electron chi connectivity index (χ0n) is 18.3. The number of nitrogens with one attached hydrogen (secondary N) is 1. The molecule has 1 aliphatic heterocycles. The van der Waals surface area contributed by atoms with E-state index in [1.165, 1.54) is 0 Å². The van der Waals surface area contributed by atoms with E-state index in [0.717, 1.165) is 29.6 Å². The lowest BCUT2D eigenvalue weighted by Gasteiger charge is -2.42. The molecule has 0 radical (unpaired) electrons. The second kappa shape index (κ2) is 9.86. The molecule has 32 heavy (non-hydrogen) atoms. The lowest BCUT2D eigenvalue weighted by atomic mass is 9.91. The summed E-state index contributed by atoms with van der Waals surface area (Å²) in [5.74, 6) is 0.577. The number of carbonyl (C=O) groups is 1. The Morgan fingerprint density at radius 3 is 2.91 bits per heavy atom. The van der Waals surface area contributed by atoms with E-state index >= 15 is 0 Å². The first-order chi connectivity index (χ1) is 15.5. The van der Waals surface area contributed by atoms with E-state index in [1.54, 1.807) is 42.8 Å². The molecule has 0 spiro atoms. The Kier molecular flexibility index (Phi) is 6.75. The number of aliphatic hydroxyl groups is 1. The molecule has 4 heterocycles. The first-order valence-corrected chi connectivity index (χ1v) is 10.9. The number of hydrogen-bond donors (Lipinski definition) is 2. The minimum atomic E-state index is -0.962. The van der Waals surface area contributed by atoms with Crippen molar-refractivity contribution in [1.29, 1.82) is 0 Å². The minimum absolute atomic E-state index is 0.0184. The maximum absolute atomic E-state index is 12.6. The van der Waals surface area contributed by atoms with E-state index < -0.39 is 5.60 Å². The van der Waals surface area contributed by atoms with Crippen molar-refractivity contribution in [3.63, 3.8) is 0 Å². The second-order valence-corrected chi connectivity index (χ2v) is 8.32. The first-order valence-electron chi connectivity index (χ1n) is 10.9. The van der Waals surface area contributed by atoms with Gasteiger partial charge >= 0.3 is 0 Å². The van der Waals surface area contributed by atoms with Crippen molar-refractivity contribution in [2.45, 2.75) is 31.3 Å². The third kappa shape index (κ3) is 5.28. The Balaban J connectivity index is 1.32. The van der Waals surface area contributed by atoms with Gasteiger partial charge in [-0.1, -0.05) is 0 Å². The second-order valence-electron chi connectivity index (χ2n) is 8.32. The van der Waals surface area contributed by atoms with Crippen molar-refractivity contribution in [3.8, 4) is 0 Å². The molecule has 0 saturated carbocycles. The van der Waals surface area contributed by atoms with Gasteiger partial charge in [0.15, 0.2) is 0 Å². The summed E-state index contributed by atoms with van der Waals surface area (Å²) in [7, 11) is 1.76. The number of anilines is 2. The highest BCUT2D eigenvalue weighted by atomic mass is 16.3. The molecule has 0 aliphatic carbocycles. The molecule has 0 bridgehead atoms. The molecule has 3 aromatic rings. The minimum Gasteiger partial charge on any atom is -0.386 e. The number of rotatable bonds is 8. The fourth-order valence-electron chi connectivity index (χ4n) is 4.25. The SMILES string of the molecule is CN(C[C@]1(O)CCCN(c2ccnc3ccncc23)C1)C(=O)CCCNc1ncccn1. The van der Waals surface area contributed by atoms with E-state index in [1.807, 2.05) is 18.3 Å². The van der Waals surface area contributed by atoms with Crippen LogP contribution in [0.1, 0.15) is 25.7 Å². The number of likely N-dealkylation sites (N-methyl/N-ethyl adjacent to an activating group) is 1. The average molecular weight is 436 g/mol. The van der Waals surface area contributed by atoms with E-state index in [9.17, 15) is 9.90 Å².